The number of aliphatic hydroxyl groups is 2. The number of ether oxygens (including phenoxy) is 14. The summed E-state index contributed by atoms with van der Waals surface area (Å²) in [7, 11) is 3.34. The Morgan fingerprint density at radius 3 is 1.35 bits per heavy atom. The summed E-state index contributed by atoms with van der Waals surface area (Å²) in [5.41, 5.74) is 0.407. The molecule has 12 rings (SSSR count). The van der Waals surface area contributed by atoms with Crippen LogP contribution in [0.5, 0.6) is 11.5 Å². The summed E-state index contributed by atoms with van der Waals surface area (Å²) in [5, 5.41) is 31.7. The molecule has 13 atom stereocenters. The van der Waals surface area contributed by atoms with Crippen LogP contribution in [0.3, 0.4) is 0 Å². The first-order valence-corrected chi connectivity index (χ1v) is 41.2. The van der Waals surface area contributed by atoms with Crippen LogP contribution in [0.4, 0.5) is 0 Å². The third-order valence-corrected chi connectivity index (χ3v) is 20.4. The Bertz CT molecular complexity index is 4630. The third-order valence-electron chi connectivity index (χ3n) is 19.5. The second-order valence-corrected chi connectivity index (χ2v) is 39.5. The highest BCUT2D eigenvalue weighted by molar-refractivity contribution is 7.71. The zero-order valence-corrected chi connectivity index (χ0v) is 75.0. The average Bonchev–Trinajstić information content (AvgIpc) is 1.54. The van der Waals surface area contributed by atoms with Gasteiger partial charge in [0.05, 0.1) is 111 Å². The van der Waals surface area contributed by atoms with Crippen LogP contribution < -0.4 is 9.47 Å². The van der Waals surface area contributed by atoms with Crippen molar-refractivity contribution in [2.24, 2.45) is 0 Å². The molecule has 6 heterocycles. The molecular formula is C94H134N2O16S2. The predicted molar refractivity (Wildman–Crippen MR) is 462 cm³/mol. The number of aromatic nitrogens is 2. The number of hydrogen-bond donors (Lipinski definition) is 2. The van der Waals surface area contributed by atoms with Crippen LogP contribution in [0.25, 0.3) is 43.1 Å². The number of pyridine rings is 2. The highest BCUT2D eigenvalue weighted by atomic mass is 32.1. The quantitative estimate of drug-likeness (QED) is 0.0774. The Hall–Kier alpha value is -5.86. The fourth-order valence-electron chi connectivity index (χ4n) is 14.5. The highest BCUT2D eigenvalue weighted by Crippen LogP contribution is 2.46. The van der Waals surface area contributed by atoms with E-state index >= 15 is 0 Å². The Labute approximate surface area is 690 Å². The van der Waals surface area contributed by atoms with Crippen molar-refractivity contribution < 1.29 is 76.5 Å². The monoisotopic (exact) mass is 1610 g/mol. The molecule has 4 fully saturated rings. The van der Waals surface area contributed by atoms with E-state index in [0.29, 0.717) is 49.0 Å². The number of fused-ring (bicyclic) bond motifs is 4. The van der Waals surface area contributed by atoms with Crippen LogP contribution in [0, 0.1) is 23.1 Å². The molecule has 2 aromatic heterocycles. The Morgan fingerprint density at radius 1 is 0.439 bits per heavy atom. The van der Waals surface area contributed by atoms with E-state index in [0.717, 1.165) is 54.7 Å². The first-order chi connectivity index (χ1) is 52.8. The van der Waals surface area contributed by atoms with E-state index in [1.165, 1.54) is 21.9 Å². The molecule has 4 aliphatic rings. The van der Waals surface area contributed by atoms with Crippen LogP contribution in [0.15, 0.2) is 134 Å². The SMILES string of the molecule is COc1cc2ccccc2cc1C1(O)CO[C@H](COC(C)(C)C)C1OC(C)(C)C.COc1cc2ccccc2cc1C1CO[C@H](COC(C)(C)C)C1OC(C)(C)C.Cc1ccc2c(=S)n([C@@H]3O[C@H](COC(C)(C)C)C(OC(C)(C)C)[C@@H]3O)ccc2c1.Cc1ccc2c(=S)n([C@H]3CC(OC(C)(C)C)[C@@H](COC(C)(C)C)O3)ccc2c1. The third kappa shape index (κ3) is 25.3. The van der Waals surface area contributed by atoms with Crippen molar-refractivity contribution in [2.45, 2.75) is 310 Å². The van der Waals surface area contributed by atoms with Crippen molar-refractivity contribution >= 4 is 67.5 Å². The molecular weight excluding hydrogens is 1480 g/mol. The molecule has 18 nitrogen and oxygen atoms in total. The Kier molecular flexibility index (Phi) is 29.7. The molecule has 0 saturated carbocycles. The van der Waals surface area contributed by atoms with E-state index in [1.54, 1.807) is 14.2 Å². The van der Waals surface area contributed by atoms with Gasteiger partial charge < -0.3 is 85.7 Å². The summed E-state index contributed by atoms with van der Waals surface area (Å²) in [5.74, 6) is 1.59. The van der Waals surface area contributed by atoms with E-state index in [9.17, 15) is 10.2 Å². The molecule has 6 unspecified atom stereocenters. The smallest absolute Gasteiger partial charge is 0.163 e. The lowest BCUT2D eigenvalue weighted by molar-refractivity contribution is -0.163. The number of hydrogen-bond acceptors (Lipinski definition) is 18. The summed E-state index contributed by atoms with van der Waals surface area (Å²) in [4.78, 5) is 0. The lowest BCUT2D eigenvalue weighted by atomic mass is 9.85. The van der Waals surface area contributed by atoms with Crippen LogP contribution in [0.2, 0.25) is 0 Å². The maximum atomic E-state index is 11.9. The summed E-state index contributed by atoms with van der Waals surface area (Å²) in [6, 6.07) is 41.3. The van der Waals surface area contributed by atoms with Gasteiger partial charge in [0.2, 0.25) is 0 Å². The molecule has 4 saturated heterocycles. The molecule has 8 aromatic rings. The fourth-order valence-corrected chi connectivity index (χ4v) is 15.2. The predicted octanol–water partition coefficient (Wildman–Crippen LogP) is 20.7. The van der Waals surface area contributed by atoms with Gasteiger partial charge in [0.15, 0.2) is 6.23 Å². The van der Waals surface area contributed by atoms with Gasteiger partial charge in [0.1, 0.15) is 75.3 Å². The van der Waals surface area contributed by atoms with E-state index in [2.05, 4.69) is 162 Å². The first-order valence-electron chi connectivity index (χ1n) is 40.4. The zero-order chi connectivity index (χ0) is 84.2. The molecule has 0 radical (unpaired) electrons. The highest BCUT2D eigenvalue weighted by Gasteiger charge is 2.54. The molecule has 0 aliphatic carbocycles. The lowest BCUT2D eigenvalue weighted by Crippen LogP contribution is -2.48. The zero-order valence-electron chi connectivity index (χ0n) is 73.4. The molecule has 628 valence electrons. The van der Waals surface area contributed by atoms with Gasteiger partial charge in [0.25, 0.3) is 0 Å². The maximum Gasteiger partial charge on any atom is 0.163 e. The second kappa shape index (κ2) is 36.8. The summed E-state index contributed by atoms with van der Waals surface area (Å²) < 4.78 is 90.9. The van der Waals surface area contributed by atoms with Crippen molar-refractivity contribution in [3.8, 4) is 11.5 Å². The number of aliphatic hydroxyl groups excluding tert-OH is 1. The van der Waals surface area contributed by atoms with E-state index in [1.807, 2.05) is 161 Å². The molecule has 4 aliphatic heterocycles. The van der Waals surface area contributed by atoms with Crippen molar-refractivity contribution in [3.05, 3.63) is 165 Å². The van der Waals surface area contributed by atoms with Crippen LogP contribution in [0.1, 0.15) is 213 Å². The minimum Gasteiger partial charge on any atom is -0.496 e. The molecule has 20 heteroatoms. The molecule has 114 heavy (non-hydrogen) atoms. The lowest BCUT2D eigenvalue weighted by Gasteiger charge is -2.37. The number of rotatable bonds is 18. The number of aryl methyl sites for hydroxylation is 2. The van der Waals surface area contributed by atoms with Crippen molar-refractivity contribution in [1.29, 1.82) is 0 Å². The molecule has 0 amide bonds. The normalized spacial score (nSPS) is 24.5. The molecule has 6 aromatic carbocycles. The van der Waals surface area contributed by atoms with Gasteiger partial charge in [-0.3, -0.25) is 0 Å². The van der Waals surface area contributed by atoms with Gasteiger partial charge in [-0.25, -0.2) is 0 Å². The minimum absolute atomic E-state index is 0.0389. The van der Waals surface area contributed by atoms with Gasteiger partial charge in [-0.2, -0.15) is 0 Å². The van der Waals surface area contributed by atoms with Crippen LogP contribution in [-0.2, 0) is 62.4 Å². The summed E-state index contributed by atoms with van der Waals surface area (Å²) in [6.07, 6.45) is 0.747. The number of benzene rings is 6. The summed E-state index contributed by atoms with van der Waals surface area (Å²) in [6.45, 7) is 55.2. The molecule has 2 N–H and O–H groups in total. The maximum absolute atomic E-state index is 11.9. The fraction of sp³-hybridized carbons (Fsp3) is 0.596. The standard InChI is InChI=1S/C24H34O5.C24H34O4.C23H33NO4S.C23H33NO3S/c1-22(2,3)28-14-20-21(29-23(4,5)6)24(25,15-27-20)18-12-16-10-8-9-11-17(16)13-19(18)26-7;1-23(2,3)27-15-21-22(28-24(4,5)6)19(14-26-21)18-12-16-10-8-9-11-17(16)13-20(18)25-7;1-14-8-9-16-15(12-14)10-11-24(21(16)29)20-18(25)19(28-23(5,6)7)17(27-20)13-26-22(2,3)4;1-15-8-9-17-16(12-15)10-11-24(21(17)28)20-13-18(27-23(5,6)7)19(26-20)14-25-22(2,3)4/h8-13,20-21,25H,14-15H2,1-7H3;8-13,19,21-22H,14-15H2,1-7H3;8-12,17-20,25H,13H2,1-7H3;8-12,18-20H,13-14H2,1-7H3/t20-,21?,24?;19?,21-,22?;17-,18+,19?,20-;18?,19-,20-/m1111/s1. The molecule has 0 spiro atoms. The number of methoxy groups -OCH3 is 2. The van der Waals surface area contributed by atoms with Gasteiger partial charge in [0, 0.05) is 46.6 Å². The van der Waals surface area contributed by atoms with Crippen molar-refractivity contribution in [2.75, 3.05) is 53.9 Å². The van der Waals surface area contributed by atoms with Gasteiger partial charge >= 0.3 is 0 Å². The number of nitrogens with zero attached hydrogens (tertiary/aromatic N) is 2. The van der Waals surface area contributed by atoms with Gasteiger partial charge in [-0.15, -0.1) is 0 Å². The van der Waals surface area contributed by atoms with E-state index < -0.39 is 53.6 Å². The van der Waals surface area contributed by atoms with Crippen molar-refractivity contribution in [1.82, 2.24) is 9.13 Å². The Balaban J connectivity index is 0.000000174. The molecule has 0 bridgehead atoms. The van der Waals surface area contributed by atoms with Gasteiger partial charge in [-0.05, 0) is 249 Å². The van der Waals surface area contributed by atoms with E-state index in [-0.39, 0.29) is 76.8 Å². The van der Waals surface area contributed by atoms with Crippen molar-refractivity contribution in [3.63, 3.8) is 0 Å². The second-order valence-electron chi connectivity index (χ2n) is 38.8. The topological polar surface area (TPSA) is 180 Å². The van der Waals surface area contributed by atoms with Crippen LogP contribution >= 0.6 is 24.4 Å². The van der Waals surface area contributed by atoms with Gasteiger partial charge in [-0.1, -0.05) is 120 Å². The largest absolute Gasteiger partial charge is 0.496 e. The van der Waals surface area contributed by atoms with E-state index in [4.69, 9.17) is 90.8 Å². The minimum atomic E-state index is -1.35. The average molecular weight is 1610 g/mol. The Morgan fingerprint density at radius 2 is 0.868 bits per heavy atom. The summed E-state index contributed by atoms with van der Waals surface area (Å²) >= 11 is 11.5. The van der Waals surface area contributed by atoms with Crippen LogP contribution in [-0.4, -0.2) is 173 Å². The first kappa shape index (κ1) is 92.0.